The van der Waals surface area contributed by atoms with Crippen molar-refractivity contribution in [3.05, 3.63) is 59.1 Å². The predicted molar refractivity (Wildman–Crippen MR) is 104 cm³/mol. The number of aromatic nitrogens is 7. The van der Waals surface area contributed by atoms with Crippen LogP contribution < -0.4 is 10.6 Å². The van der Waals surface area contributed by atoms with E-state index in [1.54, 1.807) is 23.6 Å². The Morgan fingerprint density at radius 2 is 1.93 bits per heavy atom. The Morgan fingerprint density at radius 3 is 2.68 bits per heavy atom. The van der Waals surface area contributed by atoms with Gasteiger partial charge in [-0.1, -0.05) is 6.07 Å². The van der Waals surface area contributed by atoms with Gasteiger partial charge in [0.15, 0.2) is 5.13 Å². The van der Waals surface area contributed by atoms with E-state index in [0.717, 1.165) is 17.1 Å². The molecule has 140 valence electrons. The van der Waals surface area contributed by atoms with Crippen LogP contribution in [0.3, 0.4) is 0 Å². The number of anilines is 3. The van der Waals surface area contributed by atoms with E-state index in [2.05, 4.69) is 41.1 Å². The lowest BCUT2D eigenvalue weighted by Crippen LogP contribution is -2.12. The van der Waals surface area contributed by atoms with Gasteiger partial charge in [0.25, 0.3) is 5.91 Å². The fourth-order valence-corrected chi connectivity index (χ4v) is 3.20. The molecule has 1 amide bonds. The Balaban J connectivity index is 1.47. The summed E-state index contributed by atoms with van der Waals surface area (Å²) in [5, 5.41) is 19.1. The average Bonchev–Trinajstić information content (AvgIpc) is 3.33. The normalized spacial score (nSPS) is 10.6. The second kappa shape index (κ2) is 7.48. The van der Waals surface area contributed by atoms with Crippen molar-refractivity contribution in [2.75, 3.05) is 10.6 Å². The SMILES string of the molecule is Cc1cc(C)nc(Nc2nc(C(=O)Nc3cccc(-n4cnnn4)c3)cs2)n1. The lowest BCUT2D eigenvalue weighted by Gasteiger charge is -2.06. The molecule has 0 atom stereocenters. The number of hydrogen-bond acceptors (Lipinski definition) is 9. The number of amides is 1. The van der Waals surface area contributed by atoms with Crippen LogP contribution in [-0.2, 0) is 0 Å². The highest BCUT2D eigenvalue weighted by atomic mass is 32.1. The highest BCUT2D eigenvalue weighted by Crippen LogP contribution is 2.21. The Kier molecular flexibility index (Phi) is 4.72. The Bertz CT molecular complexity index is 1100. The topological polar surface area (TPSA) is 123 Å². The molecule has 0 fully saturated rings. The Morgan fingerprint density at radius 1 is 1.11 bits per heavy atom. The van der Waals surface area contributed by atoms with Gasteiger partial charge in [-0.25, -0.2) is 19.6 Å². The number of hydrogen-bond donors (Lipinski definition) is 2. The third kappa shape index (κ3) is 3.99. The highest BCUT2D eigenvalue weighted by molar-refractivity contribution is 7.14. The van der Waals surface area contributed by atoms with E-state index in [4.69, 9.17) is 0 Å². The van der Waals surface area contributed by atoms with Crippen LogP contribution in [0.5, 0.6) is 0 Å². The molecule has 0 aliphatic heterocycles. The first-order valence-corrected chi connectivity index (χ1v) is 9.14. The maximum atomic E-state index is 12.5. The van der Waals surface area contributed by atoms with Gasteiger partial charge in [0, 0.05) is 22.5 Å². The number of nitrogens with one attached hydrogen (secondary N) is 2. The monoisotopic (exact) mass is 393 g/mol. The maximum Gasteiger partial charge on any atom is 0.275 e. The molecular formula is C17H15N9OS. The molecule has 10 nitrogen and oxygen atoms in total. The maximum absolute atomic E-state index is 12.5. The summed E-state index contributed by atoms with van der Waals surface area (Å²) in [6.45, 7) is 3.79. The molecule has 0 saturated heterocycles. The number of thiazole rings is 1. The van der Waals surface area contributed by atoms with Crippen molar-refractivity contribution in [1.82, 2.24) is 35.2 Å². The van der Waals surface area contributed by atoms with Crippen molar-refractivity contribution in [3.8, 4) is 5.69 Å². The summed E-state index contributed by atoms with van der Waals surface area (Å²) in [6, 6.07) is 9.07. The molecular weight excluding hydrogens is 378 g/mol. The second-order valence-corrected chi connectivity index (χ2v) is 6.75. The van der Waals surface area contributed by atoms with E-state index >= 15 is 0 Å². The van der Waals surface area contributed by atoms with Crippen molar-refractivity contribution < 1.29 is 4.79 Å². The lowest BCUT2D eigenvalue weighted by molar-refractivity contribution is 0.102. The molecule has 2 N–H and O–H groups in total. The molecule has 0 radical (unpaired) electrons. The van der Waals surface area contributed by atoms with Gasteiger partial charge in [0.1, 0.15) is 12.0 Å². The standard InChI is InChI=1S/C17H15N9OS/c1-10-6-11(2)20-16(19-10)23-17-22-14(8-28-17)15(27)21-12-4-3-5-13(7-12)26-9-18-24-25-26/h3-9H,1-2H3,(H,21,27)(H,19,20,22,23). The van der Waals surface area contributed by atoms with Crippen LogP contribution in [0.1, 0.15) is 21.9 Å². The van der Waals surface area contributed by atoms with Crippen molar-refractivity contribution in [2.45, 2.75) is 13.8 Å². The highest BCUT2D eigenvalue weighted by Gasteiger charge is 2.13. The number of rotatable bonds is 5. The summed E-state index contributed by atoms with van der Waals surface area (Å²) in [5.41, 5.74) is 3.34. The van der Waals surface area contributed by atoms with Gasteiger partial charge in [-0.15, -0.1) is 16.4 Å². The van der Waals surface area contributed by atoms with Crippen LogP contribution in [0.25, 0.3) is 5.69 Å². The lowest BCUT2D eigenvalue weighted by atomic mass is 10.2. The molecule has 0 aliphatic carbocycles. The molecule has 11 heteroatoms. The molecule has 4 aromatic rings. The predicted octanol–water partition coefficient (Wildman–Crippen LogP) is 2.52. The summed E-state index contributed by atoms with van der Waals surface area (Å²) in [4.78, 5) is 25.4. The summed E-state index contributed by atoms with van der Waals surface area (Å²) < 4.78 is 1.50. The van der Waals surface area contributed by atoms with E-state index in [1.807, 2.05) is 26.0 Å². The van der Waals surface area contributed by atoms with Gasteiger partial charge in [-0.05, 0) is 48.5 Å². The number of aryl methyl sites for hydroxylation is 2. The van der Waals surface area contributed by atoms with Crippen LogP contribution >= 0.6 is 11.3 Å². The van der Waals surface area contributed by atoms with E-state index < -0.39 is 0 Å². The zero-order valence-electron chi connectivity index (χ0n) is 15.0. The van der Waals surface area contributed by atoms with Crippen LogP contribution in [0.4, 0.5) is 16.8 Å². The minimum absolute atomic E-state index is 0.296. The molecule has 0 unspecified atom stereocenters. The van der Waals surface area contributed by atoms with Crippen molar-refractivity contribution in [1.29, 1.82) is 0 Å². The molecule has 1 aromatic carbocycles. The zero-order valence-corrected chi connectivity index (χ0v) is 15.8. The quantitative estimate of drug-likeness (QED) is 0.530. The van der Waals surface area contributed by atoms with Crippen LogP contribution in [0, 0.1) is 13.8 Å². The fourth-order valence-electron chi connectivity index (χ4n) is 2.51. The first-order chi connectivity index (χ1) is 13.6. The van der Waals surface area contributed by atoms with Gasteiger partial charge in [0.05, 0.1) is 5.69 Å². The van der Waals surface area contributed by atoms with Gasteiger partial charge in [-0.3, -0.25) is 4.79 Å². The van der Waals surface area contributed by atoms with Crippen LogP contribution in [0.2, 0.25) is 0 Å². The molecule has 0 bridgehead atoms. The first kappa shape index (κ1) is 17.7. The van der Waals surface area contributed by atoms with Gasteiger partial charge in [0.2, 0.25) is 5.95 Å². The molecule has 3 heterocycles. The van der Waals surface area contributed by atoms with E-state index in [-0.39, 0.29) is 5.91 Å². The number of tetrazole rings is 1. The molecule has 0 aliphatic rings. The van der Waals surface area contributed by atoms with Gasteiger partial charge >= 0.3 is 0 Å². The number of carbonyl (C=O) groups excluding carboxylic acids is 1. The fraction of sp³-hybridized carbons (Fsp3) is 0.118. The van der Waals surface area contributed by atoms with Gasteiger partial charge in [-0.2, -0.15) is 0 Å². The van der Waals surface area contributed by atoms with Crippen molar-refractivity contribution in [2.24, 2.45) is 0 Å². The Labute approximate surface area is 163 Å². The minimum Gasteiger partial charge on any atom is -0.321 e. The van der Waals surface area contributed by atoms with E-state index in [1.165, 1.54) is 22.3 Å². The number of carbonyl (C=O) groups is 1. The minimum atomic E-state index is -0.320. The summed E-state index contributed by atoms with van der Waals surface area (Å²) in [7, 11) is 0. The molecule has 0 spiro atoms. The Hall–Kier alpha value is -3.73. The van der Waals surface area contributed by atoms with E-state index in [0.29, 0.717) is 22.5 Å². The smallest absolute Gasteiger partial charge is 0.275 e. The first-order valence-electron chi connectivity index (χ1n) is 8.26. The number of benzene rings is 1. The molecule has 28 heavy (non-hydrogen) atoms. The van der Waals surface area contributed by atoms with E-state index in [9.17, 15) is 4.79 Å². The van der Waals surface area contributed by atoms with Gasteiger partial charge < -0.3 is 10.6 Å². The van der Waals surface area contributed by atoms with Crippen LogP contribution in [0.15, 0.2) is 42.0 Å². The van der Waals surface area contributed by atoms with Crippen molar-refractivity contribution in [3.63, 3.8) is 0 Å². The van der Waals surface area contributed by atoms with Crippen LogP contribution in [-0.4, -0.2) is 41.1 Å². The molecule has 3 aromatic heterocycles. The summed E-state index contributed by atoms with van der Waals surface area (Å²) >= 11 is 1.30. The zero-order chi connectivity index (χ0) is 19.5. The molecule has 0 saturated carbocycles. The van der Waals surface area contributed by atoms with Crippen molar-refractivity contribution >= 4 is 34.0 Å². The molecule has 4 rings (SSSR count). The summed E-state index contributed by atoms with van der Waals surface area (Å²) in [5.74, 6) is 0.132. The summed E-state index contributed by atoms with van der Waals surface area (Å²) in [6.07, 6.45) is 1.48. The largest absolute Gasteiger partial charge is 0.321 e. The third-order valence-corrected chi connectivity index (χ3v) is 4.41. The second-order valence-electron chi connectivity index (χ2n) is 5.90. The number of nitrogens with zero attached hydrogens (tertiary/aromatic N) is 7. The third-order valence-electron chi connectivity index (χ3n) is 3.66. The average molecular weight is 393 g/mol.